The van der Waals surface area contributed by atoms with E-state index in [1.165, 1.54) is 10.9 Å². The molecule has 0 saturated heterocycles. The van der Waals surface area contributed by atoms with Crippen molar-refractivity contribution in [1.82, 2.24) is 9.88 Å². The molecule has 1 N–H and O–H groups in total. The summed E-state index contributed by atoms with van der Waals surface area (Å²) in [6.45, 7) is 9.29. The lowest BCUT2D eigenvalue weighted by Crippen LogP contribution is -2.23. The summed E-state index contributed by atoms with van der Waals surface area (Å²) >= 11 is 0. The average molecular weight is 290 g/mol. The smallest absolute Gasteiger partial charge is 0.120 e. The summed E-state index contributed by atoms with van der Waals surface area (Å²) in [7, 11) is 0. The standard InChI is InChI=1S/C17H26N2O2/c1-3-12-21-16-5-6-17-15(14-16)7-10-19(17)11-8-18-9-13-20-4-2/h5-7,10,14,18H,3-4,8-9,11-13H2,1-2H3. The molecule has 0 fully saturated rings. The molecule has 4 heteroatoms. The first kappa shape index (κ1) is 15.9. The van der Waals surface area contributed by atoms with Crippen molar-refractivity contribution in [2.75, 3.05) is 32.9 Å². The van der Waals surface area contributed by atoms with Crippen molar-refractivity contribution in [3.63, 3.8) is 0 Å². The number of rotatable bonds is 10. The highest BCUT2D eigenvalue weighted by Gasteiger charge is 2.02. The third-order valence-electron chi connectivity index (χ3n) is 3.37. The summed E-state index contributed by atoms with van der Waals surface area (Å²) in [5.41, 5.74) is 1.26. The maximum Gasteiger partial charge on any atom is 0.120 e. The largest absolute Gasteiger partial charge is 0.494 e. The molecule has 116 valence electrons. The Hall–Kier alpha value is -1.52. The first-order valence-electron chi connectivity index (χ1n) is 7.85. The molecule has 4 nitrogen and oxygen atoms in total. The zero-order chi connectivity index (χ0) is 14.9. The van der Waals surface area contributed by atoms with Gasteiger partial charge in [-0.25, -0.2) is 0 Å². The van der Waals surface area contributed by atoms with Crippen LogP contribution in [0, 0.1) is 0 Å². The van der Waals surface area contributed by atoms with Crippen molar-refractivity contribution in [3.05, 3.63) is 30.5 Å². The lowest BCUT2D eigenvalue weighted by atomic mass is 10.2. The second-order valence-electron chi connectivity index (χ2n) is 5.03. The minimum Gasteiger partial charge on any atom is -0.494 e. The predicted octanol–water partition coefficient (Wildman–Crippen LogP) is 3.06. The molecule has 0 spiro atoms. The zero-order valence-electron chi connectivity index (χ0n) is 13.1. The van der Waals surface area contributed by atoms with E-state index >= 15 is 0 Å². The second kappa shape index (κ2) is 8.70. The summed E-state index contributed by atoms with van der Waals surface area (Å²) in [6.07, 6.45) is 3.17. The molecule has 21 heavy (non-hydrogen) atoms. The Balaban J connectivity index is 1.86. The Morgan fingerprint density at radius 2 is 2.00 bits per heavy atom. The molecule has 0 radical (unpaired) electrons. The Morgan fingerprint density at radius 3 is 2.81 bits per heavy atom. The van der Waals surface area contributed by atoms with Crippen LogP contribution in [0.4, 0.5) is 0 Å². The van der Waals surface area contributed by atoms with Gasteiger partial charge < -0.3 is 19.4 Å². The third-order valence-corrected chi connectivity index (χ3v) is 3.37. The molecule has 2 aromatic rings. The van der Waals surface area contributed by atoms with Crippen LogP contribution in [0.15, 0.2) is 30.5 Å². The molecule has 0 atom stereocenters. The van der Waals surface area contributed by atoms with E-state index in [-0.39, 0.29) is 0 Å². The fraction of sp³-hybridized carbons (Fsp3) is 0.529. The molecular weight excluding hydrogens is 264 g/mol. The van der Waals surface area contributed by atoms with Crippen LogP contribution in [0.25, 0.3) is 10.9 Å². The SMILES string of the molecule is CCCOc1ccc2c(ccn2CCNCCOCC)c1. The summed E-state index contributed by atoms with van der Waals surface area (Å²) in [5.74, 6) is 0.955. The number of hydrogen-bond donors (Lipinski definition) is 1. The Labute approximate surface area is 127 Å². The number of aromatic nitrogens is 1. The molecule has 0 bridgehead atoms. The quantitative estimate of drug-likeness (QED) is 0.683. The fourth-order valence-corrected chi connectivity index (χ4v) is 2.30. The van der Waals surface area contributed by atoms with Crippen molar-refractivity contribution < 1.29 is 9.47 Å². The molecule has 0 aliphatic heterocycles. The van der Waals surface area contributed by atoms with Gasteiger partial charge in [0, 0.05) is 43.3 Å². The van der Waals surface area contributed by atoms with Gasteiger partial charge in [0.1, 0.15) is 5.75 Å². The number of fused-ring (bicyclic) bond motifs is 1. The van der Waals surface area contributed by atoms with Crippen LogP contribution in [-0.2, 0) is 11.3 Å². The van der Waals surface area contributed by atoms with Gasteiger partial charge in [-0.05, 0) is 37.6 Å². The minimum absolute atomic E-state index is 0.774. The van der Waals surface area contributed by atoms with E-state index in [9.17, 15) is 0 Å². The summed E-state index contributed by atoms with van der Waals surface area (Å²) in [6, 6.07) is 8.45. The summed E-state index contributed by atoms with van der Waals surface area (Å²) in [4.78, 5) is 0. The molecule has 0 unspecified atom stereocenters. The van der Waals surface area contributed by atoms with E-state index in [0.29, 0.717) is 0 Å². The van der Waals surface area contributed by atoms with E-state index < -0.39 is 0 Å². The highest BCUT2D eigenvalue weighted by Crippen LogP contribution is 2.22. The van der Waals surface area contributed by atoms with E-state index in [1.54, 1.807) is 0 Å². The topological polar surface area (TPSA) is 35.4 Å². The predicted molar refractivity (Wildman–Crippen MR) is 87.1 cm³/mol. The van der Waals surface area contributed by atoms with Crippen LogP contribution in [0.5, 0.6) is 5.75 Å². The molecule has 1 heterocycles. The van der Waals surface area contributed by atoms with Gasteiger partial charge in [-0.2, -0.15) is 0 Å². The molecule has 2 rings (SSSR count). The molecule has 0 amide bonds. The van der Waals surface area contributed by atoms with Crippen molar-refractivity contribution >= 4 is 10.9 Å². The van der Waals surface area contributed by atoms with Crippen LogP contribution in [0.1, 0.15) is 20.3 Å². The van der Waals surface area contributed by atoms with Crippen LogP contribution >= 0.6 is 0 Å². The van der Waals surface area contributed by atoms with Crippen molar-refractivity contribution in [2.24, 2.45) is 0 Å². The van der Waals surface area contributed by atoms with Gasteiger partial charge >= 0.3 is 0 Å². The van der Waals surface area contributed by atoms with E-state index in [4.69, 9.17) is 9.47 Å². The van der Waals surface area contributed by atoms with Crippen LogP contribution in [-0.4, -0.2) is 37.5 Å². The minimum atomic E-state index is 0.774. The van der Waals surface area contributed by atoms with Gasteiger partial charge in [-0.3, -0.25) is 0 Å². The first-order valence-corrected chi connectivity index (χ1v) is 7.85. The zero-order valence-corrected chi connectivity index (χ0v) is 13.1. The third kappa shape index (κ3) is 4.76. The first-order chi connectivity index (χ1) is 10.3. The lowest BCUT2D eigenvalue weighted by Gasteiger charge is -2.08. The maximum atomic E-state index is 5.67. The van der Waals surface area contributed by atoms with Gasteiger partial charge in [0.15, 0.2) is 0 Å². The number of nitrogens with one attached hydrogen (secondary N) is 1. The number of ether oxygens (including phenoxy) is 2. The molecule has 0 aliphatic carbocycles. The monoisotopic (exact) mass is 290 g/mol. The molecule has 0 aliphatic rings. The van der Waals surface area contributed by atoms with Gasteiger partial charge in [0.2, 0.25) is 0 Å². The molecule has 0 saturated carbocycles. The van der Waals surface area contributed by atoms with E-state index in [0.717, 1.165) is 51.6 Å². The molecule has 1 aromatic heterocycles. The number of hydrogen-bond acceptors (Lipinski definition) is 3. The number of benzene rings is 1. The molecular formula is C17H26N2O2. The van der Waals surface area contributed by atoms with Gasteiger partial charge in [0.25, 0.3) is 0 Å². The van der Waals surface area contributed by atoms with Gasteiger partial charge in [0.05, 0.1) is 13.2 Å². The van der Waals surface area contributed by atoms with Crippen LogP contribution < -0.4 is 10.1 Å². The van der Waals surface area contributed by atoms with Crippen LogP contribution in [0.2, 0.25) is 0 Å². The summed E-state index contributed by atoms with van der Waals surface area (Å²) < 4.78 is 13.2. The Bertz CT molecular complexity index is 537. The maximum absolute atomic E-state index is 5.67. The Kier molecular flexibility index (Phi) is 6.57. The fourth-order valence-electron chi connectivity index (χ4n) is 2.30. The van der Waals surface area contributed by atoms with E-state index in [1.807, 2.05) is 6.92 Å². The van der Waals surface area contributed by atoms with E-state index in [2.05, 4.69) is 47.3 Å². The van der Waals surface area contributed by atoms with Crippen molar-refractivity contribution in [1.29, 1.82) is 0 Å². The molecule has 1 aromatic carbocycles. The highest BCUT2D eigenvalue weighted by atomic mass is 16.5. The van der Waals surface area contributed by atoms with Crippen molar-refractivity contribution in [2.45, 2.75) is 26.8 Å². The van der Waals surface area contributed by atoms with Gasteiger partial charge in [-0.15, -0.1) is 0 Å². The van der Waals surface area contributed by atoms with Crippen LogP contribution in [0.3, 0.4) is 0 Å². The summed E-state index contributed by atoms with van der Waals surface area (Å²) in [5, 5.41) is 4.63. The lowest BCUT2D eigenvalue weighted by molar-refractivity contribution is 0.149. The normalized spacial score (nSPS) is 11.1. The van der Waals surface area contributed by atoms with Crippen molar-refractivity contribution in [3.8, 4) is 5.75 Å². The second-order valence-corrected chi connectivity index (χ2v) is 5.03. The number of nitrogens with zero attached hydrogens (tertiary/aromatic N) is 1. The highest BCUT2D eigenvalue weighted by molar-refractivity contribution is 5.81. The average Bonchev–Trinajstić information content (AvgIpc) is 2.91. The van der Waals surface area contributed by atoms with Gasteiger partial charge in [-0.1, -0.05) is 6.92 Å². The Morgan fingerprint density at radius 1 is 1.10 bits per heavy atom.